The predicted octanol–water partition coefficient (Wildman–Crippen LogP) is 2.53. The van der Waals surface area contributed by atoms with Gasteiger partial charge in [0.15, 0.2) is 0 Å². The fourth-order valence-electron chi connectivity index (χ4n) is 2.39. The van der Waals surface area contributed by atoms with Crippen molar-refractivity contribution in [2.24, 2.45) is 0 Å². The summed E-state index contributed by atoms with van der Waals surface area (Å²) < 4.78 is 4.08. The molecule has 3 heteroatoms. The van der Waals surface area contributed by atoms with Gasteiger partial charge in [-0.05, 0) is 24.2 Å². The largest absolute Gasteiger partial charge is 0.359 e. The van der Waals surface area contributed by atoms with E-state index < -0.39 is 16.5 Å². The zero-order valence-corrected chi connectivity index (χ0v) is 9.74. The van der Waals surface area contributed by atoms with Crippen LogP contribution in [-0.4, -0.2) is 16.5 Å². The summed E-state index contributed by atoms with van der Waals surface area (Å²) in [6.45, 7) is 5.10. The molecule has 2 aliphatic rings. The number of nitrogens with one attached hydrogen (secondary N) is 1. The van der Waals surface area contributed by atoms with Gasteiger partial charge in [-0.2, -0.15) is 0 Å². The van der Waals surface area contributed by atoms with Crippen LogP contribution < -0.4 is 4.65 Å². The van der Waals surface area contributed by atoms with Crippen LogP contribution in [0.4, 0.5) is 0 Å². The molecule has 0 aromatic carbocycles. The maximum absolute atomic E-state index is 4.08. The van der Waals surface area contributed by atoms with Crippen molar-refractivity contribution in [2.75, 3.05) is 0 Å². The van der Waals surface area contributed by atoms with Crippen molar-refractivity contribution in [1.82, 2.24) is 4.65 Å². The highest BCUT2D eigenvalue weighted by atomic mass is 28.4. The van der Waals surface area contributed by atoms with Crippen LogP contribution in [0.15, 0.2) is 0 Å². The van der Waals surface area contributed by atoms with Crippen LogP contribution in [0.3, 0.4) is 0 Å². The van der Waals surface area contributed by atoms with E-state index in [2.05, 4.69) is 17.7 Å². The molecule has 0 saturated carbocycles. The van der Waals surface area contributed by atoms with Crippen molar-refractivity contribution < 1.29 is 0 Å². The van der Waals surface area contributed by atoms with E-state index in [1.807, 2.05) is 0 Å². The molecule has 0 radical (unpaired) electrons. The third kappa shape index (κ3) is 1.46. The fourth-order valence-corrected chi connectivity index (χ4v) is 13.0. The van der Waals surface area contributed by atoms with Crippen molar-refractivity contribution in [3.05, 3.63) is 0 Å². The van der Waals surface area contributed by atoms with Gasteiger partial charge < -0.3 is 4.65 Å². The Bertz CT molecular complexity index is 143. The van der Waals surface area contributed by atoms with Crippen LogP contribution in [0.2, 0.25) is 37.3 Å². The average molecular weight is 185 g/mol. The molecular weight excluding hydrogens is 166 g/mol. The summed E-state index contributed by atoms with van der Waals surface area (Å²) in [5.74, 6) is 0. The molecular formula is C8H19NSi2. The van der Waals surface area contributed by atoms with Gasteiger partial charge in [0.2, 0.25) is 0 Å². The molecule has 2 saturated heterocycles. The molecule has 0 spiro atoms. The van der Waals surface area contributed by atoms with Gasteiger partial charge in [0.05, 0.1) is 0 Å². The normalized spacial score (nSPS) is 32.2. The Kier molecular flexibility index (Phi) is 1.78. The van der Waals surface area contributed by atoms with Crippen LogP contribution in [-0.2, 0) is 0 Å². The van der Waals surface area contributed by atoms with Gasteiger partial charge in [-0.25, -0.2) is 0 Å². The first-order valence-corrected chi connectivity index (χ1v) is 10.7. The Hall–Kier alpha value is 0.394. The zero-order valence-electron chi connectivity index (χ0n) is 7.74. The Morgan fingerprint density at radius 2 is 1.18 bits per heavy atom. The Morgan fingerprint density at radius 3 is 1.36 bits per heavy atom. The SMILES string of the molecule is C[Si]1(N[Si]2(C)CCC2)CCC1. The van der Waals surface area contributed by atoms with Crippen LogP contribution in [0.25, 0.3) is 0 Å². The van der Waals surface area contributed by atoms with Gasteiger partial charge in [0, 0.05) is 0 Å². The van der Waals surface area contributed by atoms with Crippen molar-refractivity contribution in [2.45, 2.75) is 50.1 Å². The van der Waals surface area contributed by atoms with Crippen molar-refractivity contribution in [1.29, 1.82) is 0 Å². The van der Waals surface area contributed by atoms with Gasteiger partial charge in [-0.3, -0.25) is 0 Å². The lowest BCUT2D eigenvalue weighted by molar-refractivity contribution is 0.822. The second kappa shape index (κ2) is 2.44. The summed E-state index contributed by atoms with van der Waals surface area (Å²) in [7, 11) is -1.58. The fraction of sp³-hybridized carbons (Fsp3) is 1.00. The second-order valence-corrected chi connectivity index (χ2v) is 14.2. The molecule has 0 bridgehead atoms. The molecule has 1 nitrogen and oxygen atoms in total. The van der Waals surface area contributed by atoms with Crippen molar-refractivity contribution >= 4 is 16.5 Å². The Labute approximate surface area is 71.8 Å². The molecule has 0 atom stereocenters. The van der Waals surface area contributed by atoms with Gasteiger partial charge in [0.25, 0.3) is 0 Å². The molecule has 64 valence electrons. The maximum Gasteiger partial charge on any atom is 0.116 e. The van der Waals surface area contributed by atoms with E-state index in [4.69, 9.17) is 0 Å². The Morgan fingerprint density at radius 1 is 0.818 bits per heavy atom. The average Bonchev–Trinajstić information content (AvgIpc) is 1.81. The van der Waals surface area contributed by atoms with E-state index in [0.717, 1.165) is 0 Å². The smallest absolute Gasteiger partial charge is 0.116 e. The van der Waals surface area contributed by atoms with Crippen molar-refractivity contribution in [3.8, 4) is 0 Å². The van der Waals surface area contributed by atoms with Crippen LogP contribution in [0.5, 0.6) is 0 Å². The first-order chi connectivity index (χ1) is 5.12. The van der Waals surface area contributed by atoms with E-state index in [9.17, 15) is 0 Å². The topological polar surface area (TPSA) is 12.0 Å². The maximum atomic E-state index is 4.08. The molecule has 0 aliphatic carbocycles. The van der Waals surface area contributed by atoms with E-state index >= 15 is 0 Å². The molecule has 0 amide bonds. The minimum Gasteiger partial charge on any atom is -0.359 e. The molecule has 11 heavy (non-hydrogen) atoms. The van der Waals surface area contributed by atoms with Crippen LogP contribution in [0, 0.1) is 0 Å². The van der Waals surface area contributed by atoms with E-state index in [1.54, 1.807) is 24.2 Å². The summed E-state index contributed by atoms with van der Waals surface area (Å²) in [4.78, 5) is 0. The van der Waals surface area contributed by atoms with E-state index in [-0.39, 0.29) is 0 Å². The van der Waals surface area contributed by atoms with Gasteiger partial charge >= 0.3 is 0 Å². The highest BCUT2D eigenvalue weighted by molar-refractivity contribution is 6.94. The van der Waals surface area contributed by atoms with Crippen LogP contribution in [0.1, 0.15) is 12.8 Å². The Balaban J connectivity index is 1.88. The quantitative estimate of drug-likeness (QED) is 0.652. The van der Waals surface area contributed by atoms with Crippen molar-refractivity contribution in [3.63, 3.8) is 0 Å². The zero-order chi connectivity index (χ0) is 7.95. The lowest BCUT2D eigenvalue weighted by atomic mass is 10.5. The van der Waals surface area contributed by atoms with Gasteiger partial charge in [0.1, 0.15) is 16.5 Å². The first-order valence-electron chi connectivity index (χ1n) is 4.91. The lowest BCUT2D eigenvalue weighted by Gasteiger charge is -2.48. The molecule has 0 aromatic rings. The van der Waals surface area contributed by atoms with E-state index in [0.29, 0.717) is 0 Å². The highest BCUT2D eigenvalue weighted by Crippen LogP contribution is 2.36. The van der Waals surface area contributed by atoms with Crippen LogP contribution >= 0.6 is 0 Å². The molecule has 2 fully saturated rings. The number of hydrogen-bond donors (Lipinski definition) is 1. The van der Waals surface area contributed by atoms with Gasteiger partial charge in [-0.15, -0.1) is 0 Å². The second-order valence-electron chi connectivity index (χ2n) is 4.95. The minimum atomic E-state index is -0.790. The molecule has 0 unspecified atom stereocenters. The molecule has 0 aromatic heterocycles. The molecule has 2 heterocycles. The lowest BCUT2D eigenvalue weighted by Crippen LogP contribution is -2.67. The molecule has 2 aliphatic heterocycles. The predicted molar refractivity (Wildman–Crippen MR) is 54.8 cm³/mol. The summed E-state index contributed by atoms with van der Waals surface area (Å²) in [5, 5.41) is 0. The summed E-state index contributed by atoms with van der Waals surface area (Å²) in [6.07, 6.45) is 3.03. The monoisotopic (exact) mass is 185 g/mol. The molecule has 2 rings (SSSR count). The molecule has 1 N–H and O–H groups in total. The standard InChI is InChI=1S/C8H19NSi2/c1-10(5-3-6-10)9-11(2)7-4-8-11/h9H,3-8H2,1-2H3. The summed E-state index contributed by atoms with van der Waals surface area (Å²) in [5.41, 5.74) is 0. The van der Waals surface area contributed by atoms with Gasteiger partial charge in [-0.1, -0.05) is 25.9 Å². The third-order valence-corrected chi connectivity index (χ3v) is 14.2. The summed E-state index contributed by atoms with van der Waals surface area (Å²) in [6, 6.07) is 6.26. The minimum absolute atomic E-state index is 0.790. The first kappa shape index (κ1) is 8.01. The number of rotatable bonds is 2. The van der Waals surface area contributed by atoms with E-state index in [1.165, 1.54) is 12.8 Å². The summed E-state index contributed by atoms with van der Waals surface area (Å²) >= 11 is 0. The number of hydrogen-bond acceptors (Lipinski definition) is 1. The highest BCUT2D eigenvalue weighted by Gasteiger charge is 2.44. The third-order valence-electron chi connectivity index (χ3n) is 3.52.